The first-order valence-corrected chi connectivity index (χ1v) is 4.43. The highest BCUT2D eigenvalue weighted by Gasteiger charge is 2.11. The molecule has 0 saturated heterocycles. The number of carboxylic acids is 1. The number of rotatable bonds is 6. The van der Waals surface area contributed by atoms with Crippen LogP contribution >= 0.6 is 0 Å². The van der Waals surface area contributed by atoms with E-state index in [1.54, 1.807) is 6.92 Å². The van der Waals surface area contributed by atoms with Crippen LogP contribution in [0.25, 0.3) is 0 Å². The van der Waals surface area contributed by atoms with Gasteiger partial charge in [0.15, 0.2) is 0 Å². The van der Waals surface area contributed by atoms with Gasteiger partial charge in [-0.1, -0.05) is 0 Å². The molecule has 0 aromatic carbocycles. The Morgan fingerprint density at radius 2 is 1.93 bits per heavy atom. The number of amides is 2. The van der Waals surface area contributed by atoms with Crippen LogP contribution in [-0.2, 0) is 14.4 Å². The first kappa shape index (κ1) is 13.4. The molecule has 2 amide bonds. The van der Waals surface area contributed by atoms with E-state index < -0.39 is 18.4 Å². The average Bonchev–Trinajstić information content (AvgIpc) is 2.14. The molecule has 86 valence electrons. The molecular formula is C8H15N3O4. The Morgan fingerprint density at radius 1 is 1.33 bits per heavy atom. The summed E-state index contributed by atoms with van der Waals surface area (Å²) < 4.78 is 0. The molecule has 7 heteroatoms. The van der Waals surface area contributed by atoms with E-state index in [1.807, 2.05) is 0 Å². The largest absolute Gasteiger partial charge is 0.480 e. The Morgan fingerprint density at radius 3 is 2.40 bits per heavy atom. The van der Waals surface area contributed by atoms with Crippen molar-refractivity contribution in [1.82, 2.24) is 10.6 Å². The highest BCUT2D eigenvalue weighted by molar-refractivity contribution is 5.82. The number of carbonyl (C=O) groups is 3. The van der Waals surface area contributed by atoms with Gasteiger partial charge in [-0.25, -0.2) is 0 Å². The summed E-state index contributed by atoms with van der Waals surface area (Å²) in [5, 5.41) is 12.9. The van der Waals surface area contributed by atoms with E-state index in [0.29, 0.717) is 0 Å². The van der Waals surface area contributed by atoms with Crippen molar-refractivity contribution < 1.29 is 19.5 Å². The molecule has 0 spiro atoms. The van der Waals surface area contributed by atoms with Gasteiger partial charge >= 0.3 is 5.97 Å². The zero-order valence-electron chi connectivity index (χ0n) is 8.45. The van der Waals surface area contributed by atoms with Crippen LogP contribution in [0.1, 0.15) is 13.3 Å². The molecular weight excluding hydrogens is 202 g/mol. The summed E-state index contributed by atoms with van der Waals surface area (Å²) in [6.45, 7) is 1.07. The first-order valence-electron chi connectivity index (χ1n) is 4.43. The fraction of sp³-hybridized carbons (Fsp3) is 0.625. The molecule has 0 aromatic heterocycles. The van der Waals surface area contributed by atoms with E-state index in [1.165, 1.54) is 0 Å². The summed E-state index contributed by atoms with van der Waals surface area (Å²) in [7, 11) is 0. The molecule has 0 aliphatic carbocycles. The summed E-state index contributed by atoms with van der Waals surface area (Å²) in [5.41, 5.74) is 5.06. The lowest BCUT2D eigenvalue weighted by Crippen LogP contribution is -2.40. The predicted molar refractivity (Wildman–Crippen MR) is 51.9 cm³/mol. The topological polar surface area (TPSA) is 122 Å². The second-order valence-electron chi connectivity index (χ2n) is 3.05. The third-order valence-electron chi connectivity index (χ3n) is 1.52. The van der Waals surface area contributed by atoms with Gasteiger partial charge < -0.3 is 21.5 Å². The Balaban J connectivity index is 3.76. The highest BCUT2D eigenvalue weighted by atomic mass is 16.4. The van der Waals surface area contributed by atoms with E-state index in [-0.39, 0.29) is 24.9 Å². The molecule has 5 N–H and O–H groups in total. The SMILES string of the molecule is CC(CC(=O)NCC(=O)O)NC(=O)CN. The van der Waals surface area contributed by atoms with Gasteiger partial charge in [0, 0.05) is 12.5 Å². The van der Waals surface area contributed by atoms with Gasteiger partial charge in [0.2, 0.25) is 11.8 Å². The number of hydrogen-bond donors (Lipinski definition) is 4. The van der Waals surface area contributed by atoms with Crippen LogP contribution in [0.5, 0.6) is 0 Å². The molecule has 0 rings (SSSR count). The van der Waals surface area contributed by atoms with Crippen molar-refractivity contribution in [3.63, 3.8) is 0 Å². The normalized spacial score (nSPS) is 11.6. The zero-order valence-corrected chi connectivity index (χ0v) is 8.45. The maximum Gasteiger partial charge on any atom is 0.322 e. The number of carboxylic acid groups (broad SMARTS) is 1. The summed E-state index contributed by atoms with van der Waals surface area (Å²) in [4.78, 5) is 32.0. The monoisotopic (exact) mass is 217 g/mol. The Hall–Kier alpha value is -1.63. The van der Waals surface area contributed by atoms with Crippen LogP contribution in [-0.4, -0.2) is 42.0 Å². The van der Waals surface area contributed by atoms with Gasteiger partial charge in [-0.05, 0) is 6.92 Å². The fourth-order valence-electron chi connectivity index (χ4n) is 0.909. The third-order valence-corrected chi connectivity index (χ3v) is 1.52. The van der Waals surface area contributed by atoms with Crippen molar-refractivity contribution in [1.29, 1.82) is 0 Å². The number of nitrogens with two attached hydrogens (primary N) is 1. The van der Waals surface area contributed by atoms with Gasteiger partial charge in [-0.3, -0.25) is 14.4 Å². The third kappa shape index (κ3) is 7.44. The van der Waals surface area contributed by atoms with Crippen molar-refractivity contribution >= 4 is 17.8 Å². The van der Waals surface area contributed by atoms with E-state index in [4.69, 9.17) is 10.8 Å². The maximum absolute atomic E-state index is 11.1. The number of carbonyl (C=O) groups excluding carboxylic acids is 2. The molecule has 7 nitrogen and oxygen atoms in total. The number of hydrogen-bond acceptors (Lipinski definition) is 4. The molecule has 0 bridgehead atoms. The quantitative estimate of drug-likeness (QED) is 0.411. The van der Waals surface area contributed by atoms with Crippen LogP contribution in [0, 0.1) is 0 Å². The van der Waals surface area contributed by atoms with E-state index in [9.17, 15) is 14.4 Å². The van der Waals surface area contributed by atoms with Gasteiger partial charge in [0.1, 0.15) is 6.54 Å². The lowest BCUT2D eigenvalue weighted by Gasteiger charge is -2.12. The minimum Gasteiger partial charge on any atom is -0.480 e. The van der Waals surface area contributed by atoms with Crippen LogP contribution in [0.3, 0.4) is 0 Å². The summed E-state index contributed by atoms with van der Waals surface area (Å²) in [5.74, 6) is -1.89. The van der Waals surface area contributed by atoms with Gasteiger partial charge in [0.25, 0.3) is 0 Å². The van der Waals surface area contributed by atoms with Crippen molar-refractivity contribution in [3.8, 4) is 0 Å². The van der Waals surface area contributed by atoms with Crippen LogP contribution in [0.15, 0.2) is 0 Å². The van der Waals surface area contributed by atoms with Gasteiger partial charge in [0.05, 0.1) is 6.54 Å². The van der Waals surface area contributed by atoms with Crippen LogP contribution in [0.4, 0.5) is 0 Å². The minimum absolute atomic E-state index is 0.0268. The Kier molecular flexibility index (Phi) is 6.03. The van der Waals surface area contributed by atoms with E-state index >= 15 is 0 Å². The van der Waals surface area contributed by atoms with Gasteiger partial charge in [-0.15, -0.1) is 0 Å². The molecule has 0 radical (unpaired) electrons. The average molecular weight is 217 g/mol. The molecule has 0 aliphatic heterocycles. The van der Waals surface area contributed by atoms with E-state index in [0.717, 1.165) is 0 Å². The lowest BCUT2D eigenvalue weighted by atomic mass is 10.2. The Bertz CT molecular complexity index is 254. The fourth-order valence-corrected chi connectivity index (χ4v) is 0.909. The summed E-state index contributed by atoms with van der Waals surface area (Å²) in [6, 6.07) is -0.366. The lowest BCUT2D eigenvalue weighted by molar-refractivity contribution is -0.138. The maximum atomic E-state index is 11.1. The summed E-state index contributed by atoms with van der Waals surface area (Å²) >= 11 is 0. The standard InChI is InChI=1S/C8H15N3O4/c1-5(11-7(13)3-9)2-6(12)10-4-8(14)15/h5H,2-4,9H2,1H3,(H,10,12)(H,11,13)(H,14,15). The smallest absolute Gasteiger partial charge is 0.322 e. The van der Waals surface area contributed by atoms with Crippen LogP contribution < -0.4 is 16.4 Å². The second kappa shape index (κ2) is 6.77. The van der Waals surface area contributed by atoms with Crippen LogP contribution in [0.2, 0.25) is 0 Å². The Labute approximate surface area is 87.0 Å². The summed E-state index contributed by atoms with van der Waals surface area (Å²) in [6.07, 6.45) is 0.0268. The molecule has 1 unspecified atom stereocenters. The first-order chi connectivity index (χ1) is 6.95. The molecule has 1 atom stereocenters. The molecule has 0 fully saturated rings. The molecule has 0 heterocycles. The number of aliphatic carboxylic acids is 1. The molecule has 0 saturated carbocycles. The van der Waals surface area contributed by atoms with Crippen molar-refractivity contribution in [2.75, 3.05) is 13.1 Å². The highest BCUT2D eigenvalue weighted by Crippen LogP contribution is 1.89. The van der Waals surface area contributed by atoms with Crippen molar-refractivity contribution in [2.45, 2.75) is 19.4 Å². The minimum atomic E-state index is -1.11. The number of nitrogens with one attached hydrogen (secondary N) is 2. The predicted octanol–water partition coefficient (Wildman–Crippen LogP) is -1.96. The van der Waals surface area contributed by atoms with Gasteiger partial charge in [-0.2, -0.15) is 0 Å². The second-order valence-corrected chi connectivity index (χ2v) is 3.05. The van der Waals surface area contributed by atoms with E-state index in [2.05, 4.69) is 10.6 Å². The molecule has 0 aliphatic rings. The van der Waals surface area contributed by atoms with Crippen molar-refractivity contribution in [3.05, 3.63) is 0 Å². The molecule has 0 aromatic rings. The zero-order chi connectivity index (χ0) is 11.8. The molecule has 15 heavy (non-hydrogen) atoms. The van der Waals surface area contributed by atoms with Crippen molar-refractivity contribution in [2.24, 2.45) is 5.73 Å².